The molecule has 0 aliphatic rings. The normalized spacial score (nSPS) is 11.1. The van der Waals surface area contributed by atoms with Crippen molar-refractivity contribution < 1.29 is 0 Å². The van der Waals surface area contributed by atoms with Gasteiger partial charge in [0.15, 0.2) is 0 Å². The molecule has 0 unspecified atom stereocenters. The number of hydrogen-bond donors (Lipinski definition) is 1. The lowest BCUT2D eigenvalue weighted by Crippen LogP contribution is -2.36. The zero-order valence-electron chi connectivity index (χ0n) is 11.4. The standard InChI is InChI=1S/C7H17N.C6H14/c1-5-6-8-7(2,3)4;1-4-5-6(2)3/h8H,5-6H2,1-4H3;6H,4-5H2,1-3H3. The minimum absolute atomic E-state index is 0.302. The van der Waals surface area contributed by atoms with Crippen molar-refractivity contribution in [1.82, 2.24) is 5.32 Å². The summed E-state index contributed by atoms with van der Waals surface area (Å²) < 4.78 is 0. The van der Waals surface area contributed by atoms with Gasteiger partial charge < -0.3 is 5.32 Å². The van der Waals surface area contributed by atoms with E-state index >= 15 is 0 Å². The van der Waals surface area contributed by atoms with Crippen LogP contribution >= 0.6 is 0 Å². The van der Waals surface area contributed by atoms with E-state index in [9.17, 15) is 0 Å². The molecule has 0 saturated carbocycles. The van der Waals surface area contributed by atoms with Gasteiger partial charge in [-0.15, -0.1) is 0 Å². The Morgan fingerprint density at radius 3 is 1.57 bits per heavy atom. The van der Waals surface area contributed by atoms with E-state index in [1.165, 1.54) is 19.3 Å². The predicted octanol–water partition coefficient (Wildman–Crippen LogP) is 4.23. The molecule has 0 aliphatic carbocycles. The van der Waals surface area contributed by atoms with E-state index in [1.807, 2.05) is 0 Å². The van der Waals surface area contributed by atoms with Crippen LogP contribution in [0.15, 0.2) is 0 Å². The van der Waals surface area contributed by atoms with Crippen molar-refractivity contribution in [3.63, 3.8) is 0 Å². The highest BCUT2D eigenvalue weighted by molar-refractivity contribution is 4.68. The third-order valence-corrected chi connectivity index (χ3v) is 1.77. The van der Waals surface area contributed by atoms with Gasteiger partial charge in [0.2, 0.25) is 0 Å². The first-order valence-corrected chi connectivity index (χ1v) is 6.08. The minimum atomic E-state index is 0.302. The van der Waals surface area contributed by atoms with Crippen molar-refractivity contribution in [1.29, 1.82) is 0 Å². The SMILES string of the molecule is CCCC(C)C.CCCNC(C)(C)C. The lowest BCUT2D eigenvalue weighted by atomic mass is 10.1. The van der Waals surface area contributed by atoms with Gasteiger partial charge in [0.1, 0.15) is 0 Å². The smallest absolute Gasteiger partial charge is 0.00965 e. The lowest BCUT2D eigenvalue weighted by Gasteiger charge is -2.19. The molecular formula is C13H31N. The molecule has 1 nitrogen and oxygen atoms in total. The number of rotatable bonds is 4. The maximum absolute atomic E-state index is 3.37. The van der Waals surface area contributed by atoms with Crippen molar-refractivity contribution in [3.8, 4) is 0 Å². The van der Waals surface area contributed by atoms with E-state index in [1.54, 1.807) is 0 Å². The van der Waals surface area contributed by atoms with Crippen LogP contribution in [-0.4, -0.2) is 12.1 Å². The molecule has 0 aromatic carbocycles. The molecule has 0 atom stereocenters. The van der Waals surface area contributed by atoms with E-state index in [4.69, 9.17) is 0 Å². The van der Waals surface area contributed by atoms with E-state index in [0.717, 1.165) is 12.5 Å². The molecule has 1 heteroatoms. The Bertz CT molecular complexity index is 100. The van der Waals surface area contributed by atoms with Crippen LogP contribution in [0, 0.1) is 5.92 Å². The average molecular weight is 201 g/mol. The fourth-order valence-corrected chi connectivity index (χ4v) is 1.08. The van der Waals surface area contributed by atoms with Gasteiger partial charge in [0.05, 0.1) is 0 Å². The van der Waals surface area contributed by atoms with Crippen molar-refractivity contribution >= 4 is 0 Å². The summed E-state index contributed by atoms with van der Waals surface area (Å²) in [5.74, 6) is 0.898. The third kappa shape index (κ3) is 22.7. The van der Waals surface area contributed by atoms with Crippen molar-refractivity contribution in [2.45, 2.75) is 73.3 Å². The summed E-state index contributed by atoms with van der Waals surface area (Å²) >= 11 is 0. The van der Waals surface area contributed by atoms with Crippen LogP contribution in [0.3, 0.4) is 0 Å². The Hall–Kier alpha value is -0.0400. The second kappa shape index (κ2) is 9.51. The van der Waals surface area contributed by atoms with Crippen molar-refractivity contribution in [2.24, 2.45) is 5.92 Å². The van der Waals surface area contributed by atoms with Crippen LogP contribution in [0.5, 0.6) is 0 Å². The lowest BCUT2D eigenvalue weighted by molar-refractivity contribution is 0.427. The summed E-state index contributed by atoms with van der Waals surface area (Å²) in [7, 11) is 0. The second-order valence-electron chi connectivity index (χ2n) is 5.36. The molecule has 1 N–H and O–H groups in total. The maximum atomic E-state index is 3.37. The molecule has 0 saturated heterocycles. The summed E-state index contributed by atoms with van der Waals surface area (Å²) in [6.07, 6.45) is 3.93. The molecule has 0 heterocycles. The molecule has 0 fully saturated rings. The summed E-state index contributed by atoms with van der Waals surface area (Å²) in [5.41, 5.74) is 0.302. The van der Waals surface area contributed by atoms with Crippen LogP contribution in [0.25, 0.3) is 0 Å². The molecule has 0 amide bonds. The van der Waals surface area contributed by atoms with Gasteiger partial charge in [-0.3, -0.25) is 0 Å². The third-order valence-electron chi connectivity index (χ3n) is 1.77. The van der Waals surface area contributed by atoms with Gasteiger partial charge in [-0.05, 0) is 39.7 Å². The van der Waals surface area contributed by atoms with Crippen LogP contribution in [0.1, 0.15) is 67.7 Å². The van der Waals surface area contributed by atoms with Gasteiger partial charge in [-0.1, -0.05) is 40.5 Å². The predicted molar refractivity (Wildman–Crippen MR) is 67.8 cm³/mol. The van der Waals surface area contributed by atoms with Crippen molar-refractivity contribution in [3.05, 3.63) is 0 Å². The molecule has 0 aromatic rings. The summed E-state index contributed by atoms with van der Waals surface area (Å²) in [6, 6.07) is 0. The van der Waals surface area contributed by atoms with Crippen molar-refractivity contribution in [2.75, 3.05) is 6.54 Å². The zero-order valence-corrected chi connectivity index (χ0v) is 11.4. The summed E-state index contributed by atoms with van der Waals surface area (Å²) in [5, 5.41) is 3.37. The minimum Gasteiger partial charge on any atom is -0.312 e. The van der Waals surface area contributed by atoms with Crippen LogP contribution in [0.2, 0.25) is 0 Å². The van der Waals surface area contributed by atoms with Gasteiger partial charge in [-0.2, -0.15) is 0 Å². The first kappa shape index (κ1) is 16.4. The molecule has 88 valence electrons. The fourth-order valence-electron chi connectivity index (χ4n) is 1.08. The highest BCUT2D eigenvalue weighted by Crippen LogP contribution is 2.00. The Labute approximate surface area is 91.7 Å². The Kier molecular flexibility index (Phi) is 11.1. The second-order valence-corrected chi connectivity index (χ2v) is 5.36. The van der Waals surface area contributed by atoms with Crippen LogP contribution in [0.4, 0.5) is 0 Å². The number of nitrogens with one attached hydrogen (secondary N) is 1. The summed E-state index contributed by atoms with van der Waals surface area (Å²) in [6.45, 7) is 16.6. The fraction of sp³-hybridized carbons (Fsp3) is 1.00. The topological polar surface area (TPSA) is 12.0 Å². The van der Waals surface area contributed by atoms with Gasteiger partial charge in [-0.25, -0.2) is 0 Å². The first-order valence-electron chi connectivity index (χ1n) is 6.08. The Balaban J connectivity index is 0. The van der Waals surface area contributed by atoms with Gasteiger partial charge in [0.25, 0.3) is 0 Å². The van der Waals surface area contributed by atoms with Crippen LogP contribution in [-0.2, 0) is 0 Å². The van der Waals surface area contributed by atoms with Gasteiger partial charge in [0, 0.05) is 5.54 Å². The first-order chi connectivity index (χ1) is 6.33. The Morgan fingerprint density at radius 2 is 1.50 bits per heavy atom. The average Bonchev–Trinajstić information content (AvgIpc) is 2.00. The summed E-state index contributed by atoms with van der Waals surface area (Å²) in [4.78, 5) is 0. The molecule has 0 radical (unpaired) electrons. The van der Waals surface area contributed by atoms with E-state index in [2.05, 4.69) is 53.8 Å². The molecule has 0 aliphatic heterocycles. The molecule has 0 spiro atoms. The maximum Gasteiger partial charge on any atom is 0.00965 e. The highest BCUT2D eigenvalue weighted by atomic mass is 14.9. The largest absolute Gasteiger partial charge is 0.312 e. The number of hydrogen-bond acceptors (Lipinski definition) is 1. The molecule has 0 rings (SSSR count). The molecule has 0 bridgehead atoms. The Morgan fingerprint density at radius 1 is 1.00 bits per heavy atom. The van der Waals surface area contributed by atoms with Gasteiger partial charge >= 0.3 is 0 Å². The molecule has 14 heavy (non-hydrogen) atoms. The highest BCUT2D eigenvalue weighted by Gasteiger charge is 2.05. The van der Waals surface area contributed by atoms with E-state index < -0.39 is 0 Å². The molecular weight excluding hydrogens is 170 g/mol. The zero-order chi connectivity index (χ0) is 11.6. The molecule has 0 aromatic heterocycles. The monoisotopic (exact) mass is 201 g/mol. The quantitative estimate of drug-likeness (QED) is 0.718. The van der Waals surface area contributed by atoms with E-state index in [0.29, 0.717) is 5.54 Å². The van der Waals surface area contributed by atoms with E-state index in [-0.39, 0.29) is 0 Å². The van der Waals surface area contributed by atoms with Crippen LogP contribution < -0.4 is 5.32 Å².